The summed E-state index contributed by atoms with van der Waals surface area (Å²) in [4.78, 5) is 21.9. The first-order valence-corrected chi connectivity index (χ1v) is 6.84. The average Bonchev–Trinajstić information content (AvgIpc) is 2.55. The van der Waals surface area contributed by atoms with E-state index in [1.807, 2.05) is 0 Å². The maximum atomic E-state index is 11.3. The molecule has 0 radical (unpaired) electrons. The molecule has 1 aromatic carbocycles. The van der Waals surface area contributed by atoms with Gasteiger partial charge in [-0.25, -0.2) is 0 Å². The third kappa shape index (κ3) is 3.11. The molecule has 0 atom stereocenters. The molecule has 118 valence electrons. The molecule has 0 unspecified atom stereocenters. The van der Waals surface area contributed by atoms with Crippen LogP contribution in [0.25, 0.3) is 0 Å². The number of rotatable bonds is 4. The molecule has 0 saturated heterocycles. The highest BCUT2D eigenvalue weighted by atomic mass is 16.7. The van der Waals surface area contributed by atoms with Crippen molar-refractivity contribution in [2.45, 2.75) is 13.2 Å². The molecule has 1 aliphatic heterocycles. The monoisotopic (exact) mass is 316 g/mol. The number of benzene rings is 1. The summed E-state index contributed by atoms with van der Waals surface area (Å²) in [7, 11) is 0. The number of nitro benzene ring substituents is 1. The molecule has 1 aliphatic rings. The fraction of sp³-hybridized carbons (Fsp3) is 0.200. The van der Waals surface area contributed by atoms with Gasteiger partial charge in [-0.1, -0.05) is 0 Å². The molecular weight excluding hydrogens is 302 g/mol. The summed E-state index contributed by atoms with van der Waals surface area (Å²) in [6.07, 6.45) is 3.34. The fourth-order valence-corrected chi connectivity index (χ4v) is 2.47. The van der Waals surface area contributed by atoms with Crippen LogP contribution in [0.1, 0.15) is 21.5 Å². The lowest BCUT2D eigenvalue weighted by Crippen LogP contribution is -2.35. The maximum Gasteiger partial charge on any atom is 0.270 e. The number of nitrogens with zero attached hydrogens (tertiary/aromatic N) is 2. The predicted molar refractivity (Wildman–Crippen MR) is 77.6 cm³/mol. The summed E-state index contributed by atoms with van der Waals surface area (Å²) in [6.45, 7) is 0.672. The zero-order chi connectivity index (χ0) is 16.4. The van der Waals surface area contributed by atoms with Gasteiger partial charge in [0.15, 0.2) is 25.7 Å². The van der Waals surface area contributed by atoms with Crippen LogP contribution in [0.4, 0.5) is 5.69 Å². The number of pyridine rings is 1. The fourth-order valence-electron chi connectivity index (χ4n) is 2.47. The highest BCUT2D eigenvalue weighted by Crippen LogP contribution is 2.32. The van der Waals surface area contributed by atoms with Crippen LogP contribution in [0.2, 0.25) is 0 Å². The quantitative estimate of drug-likeness (QED) is 0.512. The van der Waals surface area contributed by atoms with Crippen molar-refractivity contribution in [1.82, 2.24) is 0 Å². The van der Waals surface area contributed by atoms with Gasteiger partial charge >= 0.3 is 0 Å². The van der Waals surface area contributed by atoms with Gasteiger partial charge in [-0.05, 0) is 6.07 Å². The Labute approximate surface area is 131 Å². The van der Waals surface area contributed by atoms with Gasteiger partial charge in [-0.3, -0.25) is 14.9 Å². The van der Waals surface area contributed by atoms with Crippen LogP contribution < -0.4 is 15.0 Å². The highest BCUT2D eigenvalue weighted by Gasteiger charge is 2.23. The van der Waals surface area contributed by atoms with Crippen molar-refractivity contribution in [2.75, 3.05) is 6.79 Å². The lowest BCUT2D eigenvalue weighted by molar-refractivity contribution is -0.688. The van der Waals surface area contributed by atoms with Crippen molar-refractivity contribution in [3.63, 3.8) is 0 Å². The molecule has 2 N–H and O–H groups in total. The van der Waals surface area contributed by atoms with Crippen LogP contribution in [0, 0.1) is 10.1 Å². The van der Waals surface area contributed by atoms with Crippen molar-refractivity contribution >= 4 is 11.6 Å². The summed E-state index contributed by atoms with van der Waals surface area (Å²) < 4.78 is 12.4. The Balaban J connectivity index is 2.01. The van der Waals surface area contributed by atoms with E-state index in [9.17, 15) is 14.9 Å². The number of hydrogen-bond acceptors (Lipinski definition) is 5. The van der Waals surface area contributed by atoms with E-state index in [0.717, 1.165) is 0 Å². The van der Waals surface area contributed by atoms with Gasteiger partial charge < -0.3 is 15.2 Å². The van der Waals surface area contributed by atoms with E-state index in [4.69, 9.17) is 15.2 Å². The molecule has 8 nitrogen and oxygen atoms in total. The molecule has 2 aromatic rings. The molecule has 0 fully saturated rings. The van der Waals surface area contributed by atoms with Crippen LogP contribution in [-0.2, 0) is 17.9 Å². The number of aromatic nitrogens is 1. The normalized spacial score (nSPS) is 13.0. The first-order chi connectivity index (χ1) is 11.0. The van der Waals surface area contributed by atoms with Crippen LogP contribution >= 0.6 is 0 Å². The van der Waals surface area contributed by atoms with Crippen molar-refractivity contribution in [2.24, 2.45) is 5.73 Å². The van der Waals surface area contributed by atoms with Crippen molar-refractivity contribution in [3.05, 3.63) is 63.5 Å². The summed E-state index contributed by atoms with van der Waals surface area (Å²) in [6, 6.07) is 6.20. The Morgan fingerprint density at radius 3 is 3.00 bits per heavy atom. The largest absolute Gasteiger partial charge is 0.467 e. The summed E-state index contributed by atoms with van der Waals surface area (Å²) in [5.74, 6) is 0.0453. The number of nitro groups is 1. The number of fused-ring (bicyclic) bond motifs is 1. The second-order valence-corrected chi connectivity index (χ2v) is 5.09. The Morgan fingerprint density at radius 1 is 1.43 bits per heavy atom. The van der Waals surface area contributed by atoms with Gasteiger partial charge in [0.1, 0.15) is 11.3 Å². The summed E-state index contributed by atoms with van der Waals surface area (Å²) in [5, 5.41) is 11.1. The lowest BCUT2D eigenvalue weighted by atomic mass is 10.1. The molecule has 8 heteroatoms. The molecule has 0 bridgehead atoms. The smallest absolute Gasteiger partial charge is 0.270 e. The van der Waals surface area contributed by atoms with Gasteiger partial charge in [0, 0.05) is 23.8 Å². The Bertz CT molecular complexity index is 791. The van der Waals surface area contributed by atoms with E-state index in [2.05, 4.69) is 0 Å². The number of carbonyl (C=O) groups excluding carboxylic acids is 1. The van der Waals surface area contributed by atoms with E-state index in [-0.39, 0.29) is 19.1 Å². The van der Waals surface area contributed by atoms with Gasteiger partial charge in [-0.2, -0.15) is 4.57 Å². The van der Waals surface area contributed by atoms with Crippen LogP contribution in [-0.4, -0.2) is 17.6 Å². The topological polar surface area (TPSA) is 109 Å². The van der Waals surface area contributed by atoms with Gasteiger partial charge in [-0.15, -0.1) is 0 Å². The van der Waals surface area contributed by atoms with Gasteiger partial charge in [0.2, 0.25) is 0 Å². The zero-order valence-corrected chi connectivity index (χ0v) is 12.1. The number of primary amides is 1. The molecule has 1 amide bonds. The number of nitrogens with two attached hydrogens (primary N) is 1. The van der Waals surface area contributed by atoms with Gasteiger partial charge in [0.25, 0.3) is 11.6 Å². The highest BCUT2D eigenvalue weighted by molar-refractivity contribution is 5.92. The molecule has 0 saturated carbocycles. The number of carbonyl (C=O) groups is 1. The maximum absolute atomic E-state index is 11.3. The van der Waals surface area contributed by atoms with Crippen molar-refractivity contribution in [3.8, 4) is 5.75 Å². The minimum Gasteiger partial charge on any atom is -0.467 e. The molecular formula is C15H14N3O5+. The van der Waals surface area contributed by atoms with Crippen molar-refractivity contribution in [1.29, 1.82) is 0 Å². The SMILES string of the molecule is NC(=O)c1ccc[n+](Cc2cc([N+](=O)[O-])cc3c2OCOC3)c1. The number of non-ortho nitro benzene ring substituents is 1. The van der Waals surface area contributed by atoms with E-state index in [0.29, 0.717) is 29.0 Å². The van der Waals surface area contributed by atoms with E-state index < -0.39 is 10.8 Å². The van der Waals surface area contributed by atoms with Crippen LogP contribution in [0.15, 0.2) is 36.7 Å². The molecule has 0 aliphatic carbocycles. The average molecular weight is 316 g/mol. The molecule has 1 aromatic heterocycles. The van der Waals surface area contributed by atoms with Gasteiger partial charge in [0.05, 0.1) is 17.1 Å². The Hall–Kier alpha value is -3.00. The summed E-state index contributed by atoms with van der Waals surface area (Å²) >= 11 is 0. The summed E-state index contributed by atoms with van der Waals surface area (Å²) in [5.41, 5.74) is 6.87. The van der Waals surface area contributed by atoms with E-state index in [1.165, 1.54) is 12.1 Å². The Kier molecular flexibility index (Phi) is 3.90. The number of ether oxygens (including phenoxy) is 2. The third-order valence-corrected chi connectivity index (χ3v) is 3.48. The first-order valence-electron chi connectivity index (χ1n) is 6.84. The Morgan fingerprint density at radius 2 is 2.26 bits per heavy atom. The molecule has 23 heavy (non-hydrogen) atoms. The minimum absolute atomic E-state index is 0.0282. The molecule has 0 spiro atoms. The molecule has 2 heterocycles. The lowest BCUT2D eigenvalue weighted by Gasteiger charge is -2.19. The minimum atomic E-state index is -0.537. The third-order valence-electron chi connectivity index (χ3n) is 3.48. The zero-order valence-electron chi connectivity index (χ0n) is 12.1. The number of hydrogen-bond donors (Lipinski definition) is 1. The number of amides is 1. The van der Waals surface area contributed by atoms with Crippen LogP contribution in [0.5, 0.6) is 5.75 Å². The predicted octanol–water partition coefficient (Wildman–Crippen LogP) is 0.896. The van der Waals surface area contributed by atoms with E-state index >= 15 is 0 Å². The second kappa shape index (κ2) is 6.01. The van der Waals surface area contributed by atoms with E-state index in [1.54, 1.807) is 29.1 Å². The van der Waals surface area contributed by atoms with Crippen LogP contribution in [0.3, 0.4) is 0 Å². The first kappa shape index (κ1) is 14.9. The second-order valence-electron chi connectivity index (χ2n) is 5.09. The molecule has 3 rings (SSSR count). The van der Waals surface area contributed by atoms with Crippen molar-refractivity contribution < 1.29 is 23.8 Å². The standard InChI is InChI=1S/C15H13N3O5/c16-15(19)10-2-1-3-17(6-10)7-11-4-13(18(20)21)5-12-8-22-9-23-14(11)12/h1-6H,7-9H2,(H-,16,19)/p+1.